The molecule has 1 heterocycles. The van der Waals surface area contributed by atoms with Crippen LogP contribution in [0.1, 0.15) is 30.9 Å². The van der Waals surface area contributed by atoms with Gasteiger partial charge in [0.1, 0.15) is 5.75 Å². The first kappa shape index (κ1) is 18.4. The number of hydrazone groups is 1. The number of nitrogens with zero attached hydrogens (tertiary/aromatic N) is 3. The molecule has 28 heavy (non-hydrogen) atoms. The summed E-state index contributed by atoms with van der Waals surface area (Å²) in [6.45, 7) is 0. The van der Waals surface area contributed by atoms with E-state index in [4.69, 9.17) is 4.74 Å². The molecule has 2 aromatic carbocycles. The van der Waals surface area contributed by atoms with Crippen molar-refractivity contribution in [2.75, 3.05) is 7.11 Å². The number of methoxy groups -OCH3 is 1. The maximum Gasteiger partial charge on any atom is 0.279 e. The Hall–Kier alpha value is -2.94. The van der Waals surface area contributed by atoms with Crippen LogP contribution in [-0.4, -0.2) is 30.6 Å². The molecule has 4 rings (SSSR count). The van der Waals surface area contributed by atoms with Crippen LogP contribution >= 0.6 is 0 Å². The average Bonchev–Trinajstić information content (AvgIpc) is 3.29. The second kappa shape index (κ2) is 6.90. The van der Waals surface area contributed by atoms with Crippen LogP contribution in [0.2, 0.25) is 0 Å². The molecule has 0 radical (unpaired) electrons. The first-order valence-corrected chi connectivity index (χ1v) is 10.4. The number of nitro groups is 1. The number of non-ortho nitro benzene ring substituents is 1. The number of sulfonamides is 1. The quantitative estimate of drug-likeness (QED) is 0.563. The van der Waals surface area contributed by atoms with Crippen molar-refractivity contribution < 1.29 is 18.1 Å². The molecule has 2 aromatic rings. The zero-order valence-corrected chi connectivity index (χ0v) is 16.0. The van der Waals surface area contributed by atoms with Crippen LogP contribution in [0, 0.1) is 16.0 Å². The molecule has 1 aliphatic heterocycles. The summed E-state index contributed by atoms with van der Waals surface area (Å²) in [4.78, 5) is 10.3. The lowest BCUT2D eigenvalue weighted by molar-refractivity contribution is -0.384. The van der Waals surface area contributed by atoms with Crippen molar-refractivity contribution in [1.29, 1.82) is 0 Å². The van der Waals surface area contributed by atoms with Gasteiger partial charge in [0.15, 0.2) is 0 Å². The Balaban J connectivity index is 1.74. The fraction of sp³-hybridized carbons (Fsp3) is 0.316. The van der Waals surface area contributed by atoms with E-state index in [0.717, 1.165) is 30.5 Å². The minimum absolute atomic E-state index is 0.0130. The molecule has 2 atom stereocenters. The Morgan fingerprint density at radius 1 is 1.14 bits per heavy atom. The lowest BCUT2D eigenvalue weighted by atomic mass is 9.92. The molecule has 0 saturated heterocycles. The van der Waals surface area contributed by atoms with Gasteiger partial charge in [-0.25, -0.2) is 0 Å². The summed E-state index contributed by atoms with van der Waals surface area (Å²) >= 11 is 0. The van der Waals surface area contributed by atoms with Crippen molar-refractivity contribution in [1.82, 2.24) is 4.41 Å². The zero-order chi connectivity index (χ0) is 19.9. The molecule has 2 unspecified atom stereocenters. The van der Waals surface area contributed by atoms with E-state index in [-0.39, 0.29) is 16.5 Å². The zero-order valence-electron chi connectivity index (χ0n) is 15.2. The Morgan fingerprint density at radius 2 is 1.82 bits per heavy atom. The molecule has 8 nitrogen and oxygen atoms in total. The van der Waals surface area contributed by atoms with Gasteiger partial charge in [-0.2, -0.15) is 17.9 Å². The molecule has 0 N–H and O–H groups in total. The van der Waals surface area contributed by atoms with Crippen molar-refractivity contribution in [3.05, 3.63) is 64.2 Å². The number of benzene rings is 2. The molecule has 146 valence electrons. The highest BCUT2D eigenvalue weighted by atomic mass is 32.2. The molecular weight excluding hydrogens is 382 g/mol. The van der Waals surface area contributed by atoms with Crippen LogP contribution in [0.25, 0.3) is 0 Å². The molecule has 1 aliphatic carbocycles. The number of ether oxygens (including phenoxy) is 1. The summed E-state index contributed by atoms with van der Waals surface area (Å²) in [7, 11) is -2.37. The van der Waals surface area contributed by atoms with Gasteiger partial charge in [0, 0.05) is 23.8 Å². The van der Waals surface area contributed by atoms with Crippen molar-refractivity contribution in [2.45, 2.75) is 30.2 Å². The lowest BCUT2D eigenvalue weighted by Gasteiger charge is -2.27. The van der Waals surface area contributed by atoms with E-state index in [1.165, 1.54) is 28.7 Å². The molecule has 9 heteroatoms. The van der Waals surface area contributed by atoms with Crippen molar-refractivity contribution in [2.24, 2.45) is 11.0 Å². The Labute approximate surface area is 162 Å². The Morgan fingerprint density at radius 3 is 2.43 bits per heavy atom. The van der Waals surface area contributed by atoms with Gasteiger partial charge < -0.3 is 4.74 Å². The van der Waals surface area contributed by atoms with Gasteiger partial charge >= 0.3 is 0 Å². The monoisotopic (exact) mass is 401 g/mol. The van der Waals surface area contributed by atoms with Crippen molar-refractivity contribution in [3.63, 3.8) is 0 Å². The third-order valence-electron chi connectivity index (χ3n) is 5.27. The number of fused-ring (bicyclic) bond motifs is 1. The van der Waals surface area contributed by atoms with Gasteiger partial charge in [-0.15, -0.1) is 0 Å². The topological polar surface area (TPSA) is 102 Å². The van der Waals surface area contributed by atoms with Crippen molar-refractivity contribution in [3.8, 4) is 5.75 Å². The fourth-order valence-corrected chi connectivity index (χ4v) is 5.35. The first-order chi connectivity index (χ1) is 13.4. The average molecular weight is 401 g/mol. The molecule has 1 fully saturated rings. The second-order valence-electron chi connectivity index (χ2n) is 6.84. The number of hydrogen-bond donors (Lipinski definition) is 0. The number of nitro benzene ring substituents is 1. The lowest BCUT2D eigenvalue weighted by Crippen LogP contribution is -2.30. The molecule has 0 aromatic heterocycles. The van der Waals surface area contributed by atoms with Crippen LogP contribution in [0.3, 0.4) is 0 Å². The largest absolute Gasteiger partial charge is 0.497 e. The smallest absolute Gasteiger partial charge is 0.279 e. The third kappa shape index (κ3) is 3.01. The number of rotatable bonds is 5. The van der Waals surface area contributed by atoms with Gasteiger partial charge in [0.25, 0.3) is 15.7 Å². The summed E-state index contributed by atoms with van der Waals surface area (Å²) < 4.78 is 32.9. The van der Waals surface area contributed by atoms with E-state index in [2.05, 4.69) is 5.10 Å². The SMILES string of the molecule is COc1ccc(C2C3CCCC3=NN2S(=O)(=O)c2ccc([N+](=O)[O-])cc2)cc1. The highest BCUT2D eigenvalue weighted by molar-refractivity contribution is 7.89. The third-order valence-corrected chi connectivity index (χ3v) is 6.94. The normalized spacial score (nSPS) is 21.3. The number of hydrogen-bond acceptors (Lipinski definition) is 6. The summed E-state index contributed by atoms with van der Waals surface area (Å²) in [5.74, 6) is 0.736. The van der Waals surface area contributed by atoms with E-state index in [9.17, 15) is 18.5 Å². The van der Waals surface area contributed by atoms with E-state index < -0.39 is 21.0 Å². The molecular formula is C19H19N3O5S. The maximum absolute atomic E-state index is 13.3. The maximum atomic E-state index is 13.3. The Bertz CT molecular complexity index is 1030. The predicted molar refractivity (Wildman–Crippen MR) is 103 cm³/mol. The molecule has 0 amide bonds. The minimum atomic E-state index is -3.94. The molecule has 0 spiro atoms. The highest BCUT2D eigenvalue weighted by Gasteiger charge is 2.46. The summed E-state index contributed by atoms with van der Waals surface area (Å²) in [5.41, 5.74) is 1.58. The molecule has 0 bridgehead atoms. The van der Waals surface area contributed by atoms with Crippen LogP contribution in [0.15, 0.2) is 58.5 Å². The van der Waals surface area contributed by atoms with Gasteiger partial charge in [-0.3, -0.25) is 10.1 Å². The van der Waals surface area contributed by atoms with Gasteiger partial charge in [-0.1, -0.05) is 12.1 Å². The minimum Gasteiger partial charge on any atom is -0.497 e. The summed E-state index contributed by atoms with van der Waals surface area (Å²) in [5, 5.41) is 15.3. The summed E-state index contributed by atoms with van der Waals surface area (Å²) in [6, 6.07) is 11.8. The van der Waals surface area contributed by atoms with Crippen LogP contribution in [0.5, 0.6) is 5.75 Å². The standard InChI is InChI=1S/C19H19N3O5S/c1-27-15-9-5-13(6-10-15)19-17-3-2-4-18(17)20-21(19)28(25,26)16-11-7-14(8-12-16)22(23)24/h5-12,17,19H,2-4H2,1H3. The van der Waals surface area contributed by atoms with Gasteiger partial charge in [0.05, 0.1) is 23.0 Å². The van der Waals surface area contributed by atoms with Crippen LogP contribution < -0.4 is 4.74 Å². The molecule has 2 aliphatic rings. The van der Waals surface area contributed by atoms with E-state index in [1.54, 1.807) is 19.2 Å². The van der Waals surface area contributed by atoms with Crippen LogP contribution in [-0.2, 0) is 10.0 Å². The predicted octanol–water partition coefficient (Wildman–Crippen LogP) is 3.51. The summed E-state index contributed by atoms with van der Waals surface area (Å²) in [6.07, 6.45) is 2.65. The Kier molecular flexibility index (Phi) is 4.54. The van der Waals surface area contributed by atoms with Crippen LogP contribution in [0.4, 0.5) is 5.69 Å². The first-order valence-electron chi connectivity index (χ1n) is 8.92. The van der Waals surface area contributed by atoms with E-state index in [1.807, 2.05) is 12.1 Å². The second-order valence-corrected chi connectivity index (χ2v) is 8.63. The fourth-order valence-electron chi connectivity index (χ4n) is 3.87. The van der Waals surface area contributed by atoms with E-state index in [0.29, 0.717) is 5.75 Å². The van der Waals surface area contributed by atoms with Crippen molar-refractivity contribution >= 4 is 21.4 Å². The molecule has 1 saturated carbocycles. The van der Waals surface area contributed by atoms with Gasteiger partial charge in [-0.05, 0) is 49.1 Å². The van der Waals surface area contributed by atoms with Gasteiger partial charge in [0.2, 0.25) is 0 Å². The van der Waals surface area contributed by atoms with E-state index >= 15 is 0 Å². The highest BCUT2D eigenvalue weighted by Crippen LogP contribution is 2.46.